The number of carboxylic acid groups (broad SMARTS) is 1. The van der Waals surface area contributed by atoms with Crippen molar-refractivity contribution in [2.24, 2.45) is 23.7 Å². The number of piperidine rings is 2. The first-order valence-electron chi connectivity index (χ1n) is 9.67. The maximum Gasteiger partial charge on any atom is 0.309 e. The number of nitrogens with one attached hydrogen (secondary N) is 3. The van der Waals surface area contributed by atoms with Crippen molar-refractivity contribution in [3.63, 3.8) is 0 Å². The molecular weight excluding hydrogens is 322 g/mol. The molecule has 1 aliphatic carbocycles. The van der Waals surface area contributed by atoms with Gasteiger partial charge in [0.2, 0.25) is 0 Å². The lowest BCUT2D eigenvalue weighted by atomic mass is 9.72. The molecule has 3 aliphatic heterocycles. The van der Waals surface area contributed by atoms with Crippen LogP contribution in [0.2, 0.25) is 0 Å². The summed E-state index contributed by atoms with van der Waals surface area (Å²) >= 11 is 0. The van der Waals surface area contributed by atoms with E-state index in [4.69, 9.17) is 4.74 Å². The van der Waals surface area contributed by atoms with Crippen molar-refractivity contribution in [3.8, 4) is 0 Å². The lowest BCUT2D eigenvalue weighted by Crippen LogP contribution is -2.68. The molecule has 3 saturated heterocycles. The van der Waals surface area contributed by atoms with Gasteiger partial charge in [-0.1, -0.05) is 12.8 Å². The smallest absolute Gasteiger partial charge is 0.309 e. The molecule has 7 heteroatoms. The van der Waals surface area contributed by atoms with Crippen molar-refractivity contribution in [3.05, 3.63) is 0 Å². The SMILES string of the molecule is CNC1NC2OC3CNC(C4CCCC4)CC3C(=O)C2CC1C(=O)O. The highest BCUT2D eigenvalue weighted by Crippen LogP contribution is 2.40. The average molecular weight is 351 g/mol. The topological polar surface area (TPSA) is 99.7 Å². The lowest BCUT2D eigenvalue weighted by molar-refractivity contribution is -0.182. The molecule has 4 rings (SSSR count). The van der Waals surface area contributed by atoms with E-state index in [1.807, 2.05) is 0 Å². The number of hydrogen-bond donors (Lipinski definition) is 4. The standard InChI is InChI=1S/C18H29N3O4/c1-19-16-12(18(23)24)6-11-15(22)10-7-13(9-4-2-3-5-9)20-8-14(10)25-17(11)21-16/h9-14,16-17,19-21H,2-8H2,1H3,(H,23,24). The van der Waals surface area contributed by atoms with Gasteiger partial charge in [-0.15, -0.1) is 0 Å². The number of Topliss-reactive ketones (excluding diaryl/α,β-unsaturated/α-hetero) is 1. The summed E-state index contributed by atoms with van der Waals surface area (Å²) < 4.78 is 6.21. The Morgan fingerprint density at radius 1 is 1.24 bits per heavy atom. The fraction of sp³-hybridized carbons (Fsp3) is 0.889. The Morgan fingerprint density at radius 3 is 2.68 bits per heavy atom. The van der Waals surface area contributed by atoms with Crippen molar-refractivity contribution in [1.82, 2.24) is 16.0 Å². The van der Waals surface area contributed by atoms with Crippen molar-refractivity contribution in [1.29, 1.82) is 0 Å². The van der Waals surface area contributed by atoms with E-state index in [1.54, 1.807) is 7.05 Å². The molecule has 4 N–H and O–H groups in total. The summed E-state index contributed by atoms with van der Waals surface area (Å²) in [6.07, 6.45) is 5.43. The summed E-state index contributed by atoms with van der Waals surface area (Å²) in [6.45, 7) is 0.717. The molecule has 0 amide bonds. The number of carboxylic acids is 1. The third kappa shape index (κ3) is 3.12. The zero-order chi connectivity index (χ0) is 17.6. The molecule has 0 aromatic rings. The number of carbonyl (C=O) groups is 2. The van der Waals surface area contributed by atoms with Gasteiger partial charge in [0.1, 0.15) is 12.0 Å². The molecule has 7 nitrogen and oxygen atoms in total. The lowest BCUT2D eigenvalue weighted by Gasteiger charge is -2.50. The number of aliphatic carboxylic acids is 1. The molecule has 4 aliphatic rings. The second kappa shape index (κ2) is 6.95. The fourth-order valence-corrected chi connectivity index (χ4v) is 5.41. The van der Waals surface area contributed by atoms with Gasteiger partial charge in [-0.3, -0.25) is 14.9 Å². The zero-order valence-corrected chi connectivity index (χ0v) is 14.7. The van der Waals surface area contributed by atoms with Gasteiger partial charge >= 0.3 is 5.97 Å². The van der Waals surface area contributed by atoms with Crippen LogP contribution in [0.3, 0.4) is 0 Å². The molecule has 0 bridgehead atoms. The first-order valence-corrected chi connectivity index (χ1v) is 9.67. The monoisotopic (exact) mass is 351 g/mol. The second-order valence-electron chi connectivity index (χ2n) is 8.12. The van der Waals surface area contributed by atoms with Crippen LogP contribution in [0.1, 0.15) is 38.5 Å². The van der Waals surface area contributed by atoms with Gasteiger partial charge in [-0.25, -0.2) is 0 Å². The van der Waals surface area contributed by atoms with E-state index in [0.29, 0.717) is 18.4 Å². The Balaban J connectivity index is 1.48. The third-order valence-electron chi connectivity index (χ3n) is 6.81. The van der Waals surface area contributed by atoms with E-state index < -0.39 is 11.9 Å². The first-order chi connectivity index (χ1) is 12.1. The number of ketones is 1. The van der Waals surface area contributed by atoms with Gasteiger partial charge < -0.3 is 20.5 Å². The van der Waals surface area contributed by atoms with Gasteiger partial charge in [0, 0.05) is 18.5 Å². The van der Waals surface area contributed by atoms with Crippen LogP contribution < -0.4 is 16.0 Å². The van der Waals surface area contributed by atoms with E-state index in [0.717, 1.165) is 13.0 Å². The summed E-state index contributed by atoms with van der Waals surface area (Å²) in [5, 5.41) is 19.3. The van der Waals surface area contributed by atoms with E-state index >= 15 is 0 Å². The predicted molar refractivity (Wildman–Crippen MR) is 90.7 cm³/mol. The highest BCUT2D eigenvalue weighted by Gasteiger charge is 2.52. The number of hydrogen-bond acceptors (Lipinski definition) is 6. The van der Waals surface area contributed by atoms with Gasteiger partial charge in [0.05, 0.1) is 24.1 Å². The van der Waals surface area contributed by atoms with Crippen LogP contribution in [0.15, 0.2) is 0 Å². The third-order valence-corrected chi connectivity index (χ3v) is 6.81. The Hall–Kier alpha value is -1.02. The normalized spacial score (nSPS) is 45.0. The number of fused-ring (bicyclic) bond motifs is 2. The molecule has 4 fully saturated rings. The van der Waals surface area contributed by atoms with Crippen molar-refractivity contribution in [2.45, 2.75) is 63.1 Å². The maximum absolute atomic E-state index is 13.2. The van der Waals surface area contributed by atoms with Gasteiger partial charge in [-0.05, 0) is 38.6 Å². The van der Waals surface area contributed by atoms with Crippen LogP contribution in [-0.4, -0.2) is 55.0 Å². The highest BCUT2D eigenvalue weighted by molar-refractivity contribution is 5.86. The number of carbonyl (C=O) groups excluding carboxylic acids is 1. The second-order valence-corrected chi connectivity index (χ2v) is 8.12. The summed E-state index contributed by atoms with van der Waals surface area (Å²) in [5.74, 6) is -1.03. The average Bonchev–Trinajstić information content (AvgIpc) is 3.15. The maximum atomic E-state index is 13.2. The number of ether oxygens (including phenoxy) is 1. The minimum Gasteiger partial charge on any atom is -0.481 e. The van der Waals surface area contributed by atoms with Crippen molar-refractivity contribution in [2.75, 3.05) is 13.6 Å². The highest BCUT2D eigenvalue weighted by atomic mass is 16.5. The quantitative estimate of drug-likeness (QED) is 0.580. The van der Waals surface area contributed by atoms with E-state index in [2.05, 4.69) is 16.0 Å². The summed E-state index contributed by atoms with van der Waals surface area (Å²) in [5.41, 5.74) is 0. The van der Waals surface area contributed by atoms with Crippen molar-refractivity contribution < 1.29 is 19.4 Å². The van der Waals surface area contributed by atoms with E-state index in [1.165, 1.54) is 25.7 Å². The molecular formula is C18H29N3O4. The van der Waals surface area contributed by atoms with Crippen LogP contribution in [0.25, 0.3) is 0 Å². The molecule has 7 atom stereocenters. The predicted octanol–water partition coefficient (Wildman–Crippen LogP) is 0.305. The van der Waals surface area contributed by atoms with E-state index in [-0.39, 0.29) is 36.1 Å². The van der Waals surface area contributed by atoms with Gasteiger partial charge in [0.25, 0.3) is 0 Å². The Morgan fingerprint density at radius 2 is 2.00 bits per heavy atom. The van der Waals surface area contributed by atoms with Crippen LogP contribution >= 0.6 is 0 Å². The summed E-state index contributed by atoms with van der Waals surface area (Å²) in [4.78, 5) is 24.7. The molecule has 140 valence electrons. The molecule has 0 aromatic heterocycles. The Labute approximate surface area is 148 Å². The van der Waals surface area contributed by atoms with E-state index in [9.17, 15) is 14.7 Å². The molecule has 7 unspecified atom stereocenters. The van der Waals surface area contributed by atoms with Crippen LogP contribution in [0.4, 0.5) is 0 Å². The molecule has 0 spiro atoms. The molecule has 0 radical (unpaired) electrons. The Bertz CT molecular complexity index is 536. The van der Waals surface area contributed by atoms with Gasteiger partial charge in [0.15, 0.2) is 0 Å². The van der Waals surface area contributed by atoms with Crippen molar-refractivity contribution >= 4 is 11.8 Å². The molecule has 1 saturated carbocycles. The zero-order valence-electron chi connectivity index (χ0n) is 14.7. The van der Waals surface area contributed by atoms with Crippen LogP contribution in [0.5, 0.6) is 0 Å². The minimum atomic E-state index is -0.866. The number of rotatable bonds is 3. The van der Waals surface area contributed by atoms with Gasteiger partial charge in [-0.2, -0.15) is 0 Å². The molecule has 25 heavy (non-hydrogen) atoms. The summed E-state index contributed by atoms with van der Waals surface area (Å²) in [7, 11) is 1.73. The fourth-order valence-electron chi connectivity index (χ4n) is 5.41. The van der Waals surface area contributed by atoms with Crippen LogP contribution in [-0.2, 0) is 14.3 Å². The summed E-state index contributed by atoms with van der Waals surface area (Å²) in [6, 6.07) is 0.407. The largest absolute Gasteiger partial charge is 0.481 e. The minimum absolute atomic E-state index is 0.0875. The molecule has 0 aromatic carbocycles. The molecule has 3 heterocycles. The first kappa shape index (κ1) is 17.4. The Kier molecular flexibility index (Phi) is 4.83. The van der Waals surface area contributed by atoms with Crippen LogP contribution in [0, 0.1) is 23.7 Å².